The first-order valence-corrected chi connectivity index (χ1v) is 11.0. The molecule has 0 fully saturated rings. The number of amides is 1. The van der Waals surface area contributed by atoms with E-state index < -0.39 is 5.92 Å². The Morgan fingerprint density at radius 1 is 1.00 bits per heavy atom. The highest BCUT2D eigenvalue weighted by atomic mass is 32.1. The Kier molecular flexibility index (Phi) is 6.40. The maximum Gasteiger partial charge on any atom is 0.238 e. The number of rotatable bonds is 8. The smallest absolute Gasteiger partial charge is 0.238 e. The molecule has 152 valence electrons. The van der Waals surface area contributed by atoms with E-state index in [-0.39, 0.29) is 5.91 Å². The molecule has 30 heavy (non-hydrogen) atoms. The second-order valence-electron chi connectivity index (χ2n) is 7.09. The van der Waals surface area contributed by atoms with Crippen LogP contribution in [0.2, 0.25) is 0 Å². The van der Waals surface area contributed by atoms with Crippen LogP contribution in [0, 0.1) is 0 Å². The summed E-state index contributed by atoms with van der Waals surface area (Å²) in [4.78, 5) is 17.9. The van der Waals surface area contributed by atoms with Crippen LogP contribution in [-0.2, 0) is 4.79 Å². The van der Waals surface area contributed by atoms with E-state index >= 15 is 0 Å². The number of ether oxygens (including phenoxy) is 1. The molecule has 4 rings (SSSR count). The number of nitrogens with zero attached hydrogens (tertiary/aromatic N) is 1. The van der Waals surface area contributed by atoms with E-state index in [9.17, 15) is 4.79 Å². The zero-order chi connectivity index (χ0) is 20.8. The third kappa shape index (κ3) is 4.69. The van der Waals surface area contributed by atoms with E-state index in [1.54, 1.807) is 0 Å². The number of fused-ring (bicyclic) bond motifs is 1. The topological polar surface area (TPSA) is 51.2 Å². The summed E-state index contributed by atoms with van der Waals surface area (Å²) in [5.74, 6) is 0.349. The van der Waals surface area contributed by atoms with E-state index in [2.05, 4.69) is 17.2 Å². The largest absolute Gasteiger partial charge is 0.494 e. The Hall–Kier alpha value is -3.18. The third-order valence-corrected chi connectivity index (χ3v) is 5.82. The molecule has 0 spiro atoms. The molecule has 4 nitrogen and oxygen atoms in total. The van der Waals surface area contributed by atoms with E-state index in [0.29, 0.717) is 11.7 Å². The average molecular weight is 417 g/mol. The van der Waals surface area contributed by atoms with Crippen molar-refractivity contribution >= 4 is 32.6 Å². The summed E-state index contributed by atoms with van der Waals surface area (Å²) in [6, 6.07) is 25.5. The summed E-state index contributed by atoms with van der Waals surface area (Å²) in [7, 11) is 0. The van der Waals surface area contributed by atoms with Crippen LogP contribution in [0.15, 0.2) is 78.9 Å². The third-order valence-electron chi connectivity index (χ3n) is 4.88. The fraction of sp³-hybridized carbons (Fsp3) is 0.200. The van der Waals surface area contributed by atoms with Gasteiger partial charge in [0.15, 0.2) is 5.13 Å². The summed E-state index contributed by atoms with van der Waals surface area (Å²) in [5, 5.41) is 3.62. The lowest BCUT2D eigenvalue weighted by Crippen LogP contribution is -2.22. The number of benzene rings is 3. The van der Waals surface area contributed by atoms with E-state index in [1.165, 1.54) is 11.3 Å². The van der Waals surface area contributed by atoms with Gasteiger partial charge in [0.05, 0.1) is 22.7 Å². The number of aromatic nitrogens is 1. The second-order valence-corrected chi connectivity index (χ2v) is 8.12. The fourth-order valence-corrected chi connectivity index (χ4v) is 4.24. The molecule has 1 heterocycles. The van der Waals surface area contributed by atoms with Crippen LogP contribution in [0.3, 0.4) is 0 Å². The van der Waals surface area contributed by atoms with E-state index in [1.807, 2.05) is 78.9 Å². The Morgan fingerprint density at radius 3 is 2.30 bits per heavy atom. The Morgan fingerprint density at radius 2 is 1.67 bits per heavy atom. The average Bonchev–Trinajstić information content (AvgIpc) is 3.17. The maximum atomic E-state index is 13.3. The SMILES string of the molecule is CCCCOc1ccc2nc(NC(=O)C(c3ccccc3)c3ccccc3)sc2c1. The van der Waals surface area contributed by atoms with Gasteiger partial charge in [-0.05, 0) is 35.7 Å². The maximum absolute atomic E-state index is 13.3. The van der Waals surface area contributed by atoms with Crippen LogP contribution >= 0.6 is 11.3 Å². The summed E-state index contributed by atoms with van der Waals surface area (Å²) in [5.41, 5.74) is 2.76. The molecule has 4 aromatic rings. The number of unbranched alkanes of at least 4 members (excludes halogenated alkanes) is 1. The zero-order valence-corrected chi connectivity index (χ0v) is 17.7. The minimum Gasteiger partial charge on any atom is -0.494 e. The molecule has 0 aliphatic carbocycles. The molecule has 5 heteroatoms. The molecule has 1 N–H and O–H groups in total. The molecule has 3 aromatic carbocycles. The van der Waals surface area contributed by atoms with Crippen LogP contribution < -0.4 is 10.1 Å². The number of thiazole rings is 1. The van der Waals surface area contributed by atoms with Crippen molar-refractivity contribution in [1.29, 1.82) is 0 Å². The van der Waals surface area contributed by atoms with Gasteiger partial charge in [0.2, 0.25) is 5.91 Å². The molecular weight excluding hydrogens is 392 g/mol. The number of hydrogen-bond donors (Lipinski definition) is 1. The van der Waals surface area contributed by atoms with Gasteiger partial charge in [0.25, 0.3) is 0 Å². The van der Waals surface area contributed by atoms with Gasteiger partial charge in [-0.15, -0.1) is 0 Å². The first-order valence-electron chi connectivity index (χ1n) is 10.2. The zero-order valence-electron chi connectivity index (χ0n) is 16.9. The molecule has 0 saturated carbocycles. The van der Waals surface area contributed by atoms with Gasteiger partial charge < -0.3 is 10.1 Å². The fourth-order valence-electron chi connectivity index (χ4n) is 3.35. The minimum absolute atomic E-state index is 0.0918. The van der Waals surface area contributed by atoms with E-state index in [4.69, 9.17) is 4.74 Å². The summed E-state index contributed by atoms with van der Waals surface area (Å²) in [6.45, 7) is 2.85. The van der Waals surface area contributed by atoms with Gasteiger partial charge in [-0.25, -0.2) is 4.98 Å². The molecule has 0 aliphatic rings. The summed E-state index contributed by atoms with van der Waals surface area (Å²) < 4.78 is 6.79. The minimum atomic E-state index is -0.396. The molecule has 0 saturated heterocycles. The quantitative estimate of drug-likeness (QED) is 0.346. The van der Waals surface area contributed by atoms with Gasteiger partial charge >= 0.3 is 0 Å². The summed E-state index contributed by atoms with van der Waals surface area (Å²) in [6.07, 6.45) is 2.13. The highest BCUT2D eigenvalue weighted by molar-refractivity contribution is 7.22. The van der Waals surface area contributed by atoms with Crippen molar-refractivity contribution in [3.63, 3.8) is 0 Å². The first-order chi connectivity index (χ1) is 14.7. The molecule has 0 radical (unpaired) electrons. The monoisotopic (exact) mass is 416 g/mol. The highest BCUT2D eigenvalue weighted by Crippen LogP contribution is 2.31. The van der Waals surface area contributed by atoms with Crippen molar-refractivity contribution in [1.82, 2.24) is 4.98 Å². The predicted octanol–water partition coefficient (Wildman–Crippen LogP) is 6.25. The van der Waals surface area contributed by atoms with Crippen LogP contribution in [0.25, 0.3) is 10.2 Å². The molecule has 0 aliphatic heterocycles. The molecule has 1 amide bonds. The lowest BCUT2D eigenvalue weighted by atomic mass is 9.90. The van der Waals surface area contributed by atoms with Crippen LogP contribution in [0.4, 0.5) is 5.13 Å². The normalized spacial score (nSPS) is 11.0. The van der Waals surface area contributed by atoms with Crippen LogP contribution in [-0.4, -0.2) is 17.5 Å². The van der Waals surface area contributed by atoms with Crippen LogP contribution in [0.1, 0.15) is 36.8 Å². The van der Waals surface area contributed by atoms with Gasteiger partial charge in [-0.2, -0.15) is 0 Å². The molecular formula is C25H24N2O2S. The predicted molar refractivity (Wildman–Crippen MR) is 123 cm³/mol. The molecule has 0 unspecified atom stereocenters. The Balaban J connectivity index is 1.57. The van der Waals surface area contributed by atoms with Gasteiger partial charge in [0.1, 0.15) is 5.75 Å². The Bertz CT molecular complexity index is 1070. The van der Waals surface area contributed by atoms with Gasteiger partial charge in [-0.1, -0.05) is 85.3 Å². The van der Waals surface area contributed by atoms with Crippen molar-refractivity contribution in [3.8, 4) is 5.75 Å². The standard InChI is InChI=1S/C25H24N2O2S/c1-2-3-16-29-20-14-15-21-22(17-20)30-25(26-21)27-24(28)23(18-10-6-4-7-11-18)19-12-8-5-9-13-19/h4-15,17,23H,2-3,16H2,1H3,(H,26,27,28). The lowest BCUT2D eigenvalue weighted by Gasteiger charge is -2.16. The van der Waals surface area contributed by atoms with Crippen molar-refractivity contribution in [3.05, 3.63) is 90.0 Å². The number of carbonyl (C=O) groups excluding carboxylic acids is 1. The first kappa shape index (κ1) is 20.1. The number of nitrogens with one attached hydrogen (secondary N) is 1. The number of anilines is 1. The Labute approximate surface area is 180 Å². The van der Waals surface area contributed by atoms with Gasteiger partial charge in [-0.3, -0.25) is 4.79 Å². The van der Waals surface area contributed by atoms with Crippen LogP contribution in [0.5, 0.6) is 5.75 Å². The van der Waals surface area contributed by atoms with Crippen molar-refractivity contribution in [2.75, 3.05) is 11.9 Å². The highest BCUT2D eigenvalue weighted by Gasteiger charge is 2.23. The second kappa shape index (κ2) is 9.55. The van der Waals surface area contributed by atoms with E-state index in [0.717, 1.165) is 39.9 Å². The van der Waals surface area contributed by atoms with Crippen molar-refractivity contribution < 1.29 is 9.53 Å². The number of hydrogen-bond acceptors (Lipinski definition) is 4. The molecule has 1 aromatic heterocycles. The molecule has 0 bridgehead atoms. The van der Waals surface area contributed by atoms with Crippen molar-refractivity contribution in [2.45, 2.75) is 25.7 Å². The van der Waals surface area contributed by atoms with Gasteiger partial charge in [0, 0.05) is 0 Å². The summed E-state index contributed by atoms with van der Waals surface area (Å²) >= 11 is 1.46. The van der Waals surface area contributed by atoms with Crippen molar-refractivity contribution in [2.24, 2.45) is 0 Å². The molecule has 0 atom stereocenters. The number of carbonyl (C=O) groups is 1. The lowest BCUT2D eigenvalue weighted by molar-refractivity contribution is -0.116.